The van der Waals surface area contributed by atoms with Gasteiger partial charge in [0.15, 0.2) is 5.76 Å². The highest BCUT2D eigenvalue weighted by atomic mass is 32.2. The molecule has 0 fully saturated rings. The summed E-state index contributed by atoms with van der Waals surface area (Å²) in [5.74, 6) is -0.642. The molecular formula is C12H20N2O6S. The molecular weight excluding hydrogens is 300 g/mol. The molecule has 120 valence electrons. The van der Waals surface area contributed by atoms with E-state index in [0.717, 1.165) is 4.31 Å². The molecule has 9 heteroatoms. The molecule has 0 aliphatic carbocycles. The van der Waals surface area contributed by atoms with Gasteiger partial charge in [-0.2, -0.15) is 0 Å². The number of aliphatic hydroxyl groups is 1. The van der Waals surface area contributed by atoms with E-state index in [9.17, 15) is 18.3 Å². The standard InChI is InChI=1S/C12H20N2O6S/c1-14(2)21(17,18)11-5-4-10(20-11)12(16)13-7-6-9(15)8-19-3/h4-5,9,15H,6-8H2,1-3H3,(H,13,16). The van der Waals surface area contributed by atoms with Crippen LogP contribution < -0.4 is 5.32 Å². The number of nitrogens with one attached hydrogen (secondary N) is 1. The Hall–Kier alpha value is -1.42. The van der Waals surface area contributed by atoms with Crippen molar-refractivity contribution in [3.8, 4) is 0 Å². The zero-order valence-corrected chi connectivity index (χ0v) is 13.0. The molecule has 0 saturated carbocycles. The molecule has 0 saturated heterocycles. The summed E-state index contributed by atoms with van der Waals surface area (Å²) in [6.45, 7) is 0.404. The van der Waals surface area contributed by atoms with Crippen LogP contribution in [0.25, 0.3) is 0 Å². The number of carbonyl (C=O) groups excluding carboxylic acids is 1. The first kappa shape index (κ1) is 17.6. The number of carbonyl (C=O) groups is 1. The third-order valence-corrected chi connectivity index (χ3v) is 4.35. The van der Waals surface area contributed by atoms with E-state index in [-0.39, 0.29) is 24.0 Å². The van der Waals surface area contributed by atoms with Crippen molar-refractivity contribution in [1.82, 2.24) is 9.62 Å². The number of hydrogen-bond acceptors (Lipinski definition) is 6. The van der Waals surface area contributed by atoms with E-state index in [0.29, 0.717) is 6.42 Å². The van der Waals surface area contributed by atoms with Gasteiger partial charge in [0.25, 0.3) is 15.9 Å². The van der Waals surface area contributed by atoms with Gasteiger partial charge in [0.05, 0.1) is 12.7 Å². The number of amides is 1. The predicted octanol–water partition coefficient (Wildman–Crippen LogP) is -0.343. The predicted molar refractivity (Wildman–Crippen MR) is 74.4 cm³/mol. The molecule has 0 radical (unpaired) electrons. The summed E-state index contributed by atoms with van der Waals surface area (Å²) >= 11 is 0. The summed E-state index contributed by atoms with van der Waals surface area (Å²) in [6.07, 6.45) is -0.347. The van der Waals surface area contributed by atoms with Crippen molar-refractivity contribution in [3.63, 3.8) is 0 Å². The molecule has 0 bridgehead atoms. The number of ether oxygens (including phenoxy) is 1. The highest BCUT2D eigenvalue weighted by Gasteiger charge is 2.23. The van der Waals surface area contributed by atoms with Crippen molar-refractivity contribution in [1.29, 1.82) is 0 Å². The minimum atomic E-state index is -3.70. The fraction of sp³-hybridized carbons (Fsp3) is 0.583. The van der Waals surface area contributed by atoms with Crippen LogP contribution in [0.1, 0.15) is 17.0 Å². The number of nitrogens with zero attached hydrogens (tertiary/aromatic N) is 1. The second kappa shape index (κ2) is 7.55. The van der Waals surface area contributed by atoms with Gasteiger partial charge >= 0.3 is 0 Å². The summed E-state index contributed by atoms with van der Waals surface area (Å²) in [6, 6.07) is 2.52. The lowest BCUT2D eigenvalue weighted by Gasteiger charge is -2.09. The van der Waals surface area contributed by atoms with Crippen molar-refractivity contribution in [2.24, 2.45) is 0 Å². The van der Waals surface area contributed by atoms with Gasteiger partial charge in [0.2, 0.25) is 5.09 Å². The third kappa shape index (κ3) is 4.81. The van der Waals surface area contributed by atoms with Gasteiger partial charge in [0.1, 0.15) is 0 Å². The third-order valence-electron chi connectivity index (χ3n) is 2.66. The molecule has 1 amide bonds. The second-order valence-corrected chi connectivity index (χ2v) is 6.64. The van der Waals surface area contributed by atoms with Crippen molar-refractivity contribution in [2.45, 2.75) is 17.6 Å². The fourth-order valence-electron chi connectivity index (χ4n) is 1.48. The smallest absolute Gasteiger partial charge is 0.287 e. The zero-order valence-electron chi connectivity index (χ0n) is 12.2. The van der Waals surface area contributed by atoms with Crippen LogP contribution in [0.4, 0.5) is 0 Å². The minimum absolute atomic E-state index is 0.100. The summed E-state index contributed by atoms with van der Waals surface area (Å²) in [4.78, 5) is 11.8. The average Bonchev–Trinajstić information content (AvgIpc) is 2.88. The maximum absolute atomic E-state index is 11.8. The van der Waals surface area contributed by atoms with Gasteiger partial charge in [-0.15, -0.1) is 0 Å². The van der Waals surface area contributed by atoms with Gasteiger partial charge in [-0.3, -0.25) is 4.79 Å². The minimum Gasteiger partial charge on any atom is -0.438 e. The number of rotatable bonds is 8. The largest absolute Gasteiger partial charge is 0.438 e. The first-order valence-corrected chi connectivity index (χ1v) is 7.70. The molecule has 1 aromatic heterocycles. The number of aliphatic hydroxyl groups excluding tert-OH is 1. The second-order valence-electron chi connectivity index (χ2n) is 4.56. The summed E-state index contributed by atoms with van der Waals surface area (Å²) in [5.41, 5.74) is 0. The molecule has 8 nitrogen and oxygen atoms in total. The maximum atomic E-state index is 11.8. The Morgan fingerprint density at radius 2 is 2.14 bits per heavy atom. The molecule has 21 heavy (non-hydrogen) atoms. The average molecular weight is 320 g/mol. The number of hydrogen-bond donors (Lipinski definition) is 2. The van der Waals surface area contributed by atoms with E-state index in [1.54, 1.807) is 0 Å². The lowest BCUT2D eigenvalue weighted by molar-refractivity contribution is 0.0585. The number of furan rings is 1. The van der Waals surface area contributed by atoms with Crippen molar-refractivity contribution in [3.05, 3.63) is 17.9 Å². The summed E-state index contributed by atoms with van der Waals surface area (Å²) in [7, 11) is 0.509. The van der Waals surface area contributed by atoms with Crippen LogP contribution in [0.5, 0.6) is 0 Å². The molecule has 0 aliphatic heterocycles. The van der Waals surface area contributed by atoms with Crippen LogP contribution in [0, 0.1) is 0 Å². The SMILES string of the molecule is COCC(O)CCNC(=O)c1ccc(S(=O)(=O)N(C)C)o1. The van der Waals surface area contributed by atoms with E-state index in [1.807, 2.05) is 0 Å². The zero-order chi connectivity index (χ0) is 16.0. The van der Waals surface area contributed by atoms with Crippen molar-refractivity contribution in [2.75, 3.05) is 34.4 Å². The van der Waals surface area contributed by atoms with E-state index in [2.05, 4.69) is 5.32 Å². The molecule has 0 aromatic carbocycles. The van der Waals surface area contributed by atoms with E-state index in [4.69, 9.17) is 9.15 Å². The molecule has 1 aromatic rings. The van der Waals surface area contributed by atoms with Gasteiger partial charge in [-0.05, 0) is 18.6 Å². The van der Waals surface area contributed by atoms with Crippen LogP contribution >= 0.6 is 0 Å². The molecule has 1 unspecified atom stereocenters. The summed E-state index contributed by atoms with van der Waals surface area (Å²) < 4.78 is 34.4. The molecule has 1 atom stereocenters. The Morgan fingerprint density at radius 3 is 2.71 bits per heavy atom. The Balaban J connectivity index is 2.59. The quantitative estimate of drug-likeness (QED) is 0.678. The highest BCUT2D eigenvalue weighted by molar-refractivity contribution is 7.88. The topological polar surface area (TPSA) is 109 Å². The Kier molecular flexibility index (Phi) is 6.34. The van der Waals surface area contributed by atoms with Crippen molar-refractivity contribution >= 4 is 15.9 Å². The Bertz CT molecular complexity index is 566. The first-order chi connectivity index (χ1) is 9.78. The van der Waals surface area contributed by atoms with Gasteiger partial charge < -0.3 is 19.6 Å². The number of methoxy groups -OCH3 is 1. The molecule has 2 N–H and O–H groups in total. The molecule has 1 heterocycles. The lowest BCUT2D eigenvalue weighted by atomic mass is 10.2. The Labute approximate surface area is 123 Å². The fourth-order valence-corrected chi connectivity index (χ4v) is 2.27. The number of sulfonamides is 1. The Morgan fingerprint density at radius 1 is 1.48 bits per heavy atom. The maximum Gasteiger partial charge on any atom is 0.287 e. The molecule has 1 rings (SSSR count). The van der Waals surface area contributed by atoms with Crippen molar-refractivity contribution < 1.29 is 27.5 Å². The first-order valence-electron chi connectivity index (χ1n) is 6.26. The van der Waals surface area contributed by atoms with E-state index < -0.39 is 22.0 Å². The van der Waals surface area contributed by atoms with Crippen LogP contribution in [0.3, 0.4) is 0 Å². The highest BCUT2D eigenvalue weighted by Crippen LogP contribution is 2.16. The van der Waals surface area contributed by atoms with Crippen LogP contribution in [-0.2, 0) is 14.8 Å². The van der Waals surface area contributed by atoms with Crippen LogP contribution in [0.15, 0.2) is 21.6 Å². The van der Waals surface area contributed by atoms with Crippen LogP contribution in [0.2, 0.25) is 0 Å². The molecule has 0 spiro atoms. The van der Waals surface area contributed by atoms with Crippen LogP contribution in [-0.4, -0.2) is 64.2 Å². The normalized spacial score (nSPS) is 13.4. The monoisotopic (exact) mass is 320 g/mol. The lowest BCUT2D eigenvalue weighted by Crippen LogP contribution is -2.28. The van der Waals surface area contributed by atoms with Gasteiger partial charge in [0, 0.05) is 27.7 Å². The molecule has 0 aliphatic rings. The van der Waals surface area contributed by atoms with E-state index in [1.165, 1.54) is 33.3 Å². The summed E-state index contributed by atoms with van der Waals surface area (Å²) in [5, 5.41) is 11.7. The van der Waals surface area contributed by atoms with E-state index >= 15 is 0 Å². The van der Waals surface area contributed by atoms with Gasteiger partial charge in [-0.25, -0.2) is 12.7 Å². The van der Waals surface area contributed by atoms with Gasteiger partial charge in [-0.1, -0.05) is 0 Å².